The molecule has 0 aliphatic carbocycles. The summed E-state index contributed by atoms with van der Waals surface area (Å²) in [5.41, 5.74) is 8.39. The Morgan fingerprint density at radius 2 is 1.74 bits per heavy atom. The van der Waals surface area contributed by atoms with Gasteiger partial charge in [0, 0.05) is 35.3 Å². The van der Waals surface area contributed by atoms with Gasteiger partial charge in [0.2, 0.25) is 0 Å². The van der Waals surface area contributed by atoms with E-state index in [9.17, 15) is 0 Å². The first-order valence-corrected chi connectivity index (χ1v) is 11.7. The number of aromatic nitrogens is 4. The van der Waals surface area contributed by atoms with Crippen LogP contribution in [0.4, 0.5) is 0 Å². The highest BCUT2D eigenvalue weighted by Crippen LogP contribution is 2.31. The molecule has 1 aliphatic rings. The van der Waals surface area contributed by atoms with Crippen molar-refractivity contribution < 1.29 is 0 Å². The molecule has 0 spiro atoms. The van der Waals surface area contributed by atoms with Gasteiger partial charge in [-0.15, -0.1) is 11.3 Å². The second-order valence-corrected chi connectivity index (χ2v) is 9.15. The molecule has 1 aromatic carbocycles. The van der Waals surface area contributed by atoms with E-state index in [0.29, 0.717) is 0 Å². The molecular weight excluding hydrogens is 402 g/mol. The van der Waals surface area contributed by atoms with Gasteiger partial charge in [-0.3, -0.25) is 14.9 Å². The summed E-state index contributed by atoms with van der Waals surface area (Å²) in [4.78, 5) is 20.5. The number of nitrogens with zero attached hydrogens (tertiary/aromatic N) is 4. The minimum Gasteiger partial charge on any atom is -0.338 e. The molecule has 0 bridgehead atoms. The summed E-state index contributed by atoms with van der Waals surface area (Å²) >= 11 is 1.60. The quantitative estimate of drug-likeness (QED) is 0.390. The van der Waals surface area contributed by atoms with Gasteiger partial charge in [-0.05, 0) is 49.2 Å². The molecule has 6 heteroatoms. The number of rotatable bonds is 4. The number of aromatic amines is 1. The summed E-state index contributed by atoms with van der Waals surface area (Å²) in [6.07, 6.45) is 9.74. The highest BCUT2D eigenvalue weighted by atomic mass is 32.1. The minimum atomic E-state index is 0.892. The second-order valence-electron chi connectivity index (χ2n) is 8.26. The van der Waals surface area contributed by atoms with Gasteiger partial charge in [-0.1, -0.05) is 30.7 Å². The standard InChI is InChI=1S/C25H23N5S/c1-2-8-30(9-3-1)15-17-4-6-18(7-5-17)19-10-21-20-11-22(24-14-26-16-31-24)27-13-23(20)29-25(21)28-12-19/h4-7,10-14,16H,1-3,8-9,15H2,(H,28,29). The first-order chi connectivity index (χ1) is 15.3. The molecule has 31 heavy (non-hydrogen) atoms. The predicted molar refractivity (Wildman–Crippen MR) is 127 cm³/mol. The molecule has 1 N–H and O–H groups in total. The van der Waals surface area contributed by atoms with E-state index < -0.39 is 0 Å². The van der Waals surface area contributed by atoms with Crippen LogP contribution in [0.1, 0.15) is 24.8 Å². The zero-order valence-corrected chi connectivity index (χ0v) is 18.0. The van der Waals surface area contributed by atoms with Crippen LogP contribution in [0.15, 0.2) is 60.5 Å². The van der Waals surface area contributed by atoms with Crippen molar-refractivity contribution >= 4 is 33.3 Å². The summed E-state index contributed by atoms with van der Waals surface area (Å²) in [7, 11) is 0. The number of nitrogens with one attached hydrogen (secondary N) is 1. The maximum atomic E-state index is 4.70. The third kappa shape index (κ3) is 3.62. The SMILES string of the molecule is c1ncc(-c2cc3c(cn2)[nH]c2ncc(-c4ccc(CN5CCCCC5)cc4)cc23)s1. The zero-order valence-electron chi connectivity index (χ0n) is 17.2. The lowest BCUT2D eigenvalue weighted by Gasteiger charge is -2.26. The summed E-state index contributed by atoms with van der Waals surface area (Å²) in [5.74, 6) is 0. The Morgan fingerprint density at radius 1 is 0.871 bits per heavy atom. The molecule has 5 heterocycles. The Bertz CT molecular complexity index is 1330. The van der Waals surface area contributed by atoms with Crippen LogP contribution in [0.25, 0.3) is 43.6 Å². The first-order valence-electron chi connectivity index (χ1n) is 10.8. The average Bonchev–Trinajstić information content (AvgIpc) is 3.48. The van der Waals surface area contributed by atoms with Crippen molar-refractivity contribution in [3.8, 4) is 21.7 Å². The Kier molecular flexibility index (Phi) is 4.74. The van der Waals surface area contributed by atoms with Crippen molar-refractivity contribution in [3.63, 3.8) is 0 Å². The van der Waals surface area contributed by atoms with Crippen molar-refractivity contribution in [2.45, 2.75) is 25.8 Å². The summed E-state index contributed by atoms with van der Waals surface area (Å²) in [6, 6.07) is 13.3. The van der Waals surface area contributed by atoms with Crippen molar-refractivity contribution in [2.24, 2.45) is 0 Å². The maximum Gasteiger partial charge on any atom is 0.138 e. The molecule has 4 aromatic heterocycles. The van der Waals surface area contributed by atoms with E-state index in [1.165, 1.54) is 43.5 Å². The van der Waals surface area contributed by atoms with Crippen LogP contribution in [-0.2, 0) is 6.54 Å². The normalized spacial score (nSPS) is 15.1. The lowest BCUT2D eigenvalue weighted by atomic mass is 10.0. The molecule has 0 saturated carbocycles. The van der Waals surface area contributed by atoms with E-state index in [4.69, 9.17) is 4.98 Å². The molecule has 1 aliphatic heterocycles. The van der Waals surface area contributed by atoms with Crippen LogP contribution < -0.4 is 0 Å². The number of thiazole rings is 1. The third-order valence-corrected chi connectivity index (χ3v) is 6.96. The maximum absolute atomic E-state index is 4.70. The number of hydrogen-bond acceptors (Lipinski definition) is 5. The van der Waals surface area contributed by atoms with Crippen molar-refractivity contribution in [1.29, 1.82) is 0 Å². The highest BCUT2D eigenvalue weighted by Gasteiger charge is 2.12. The van der Waals surface area contributed by atoms with Gasteiger partial charge in [0.25, 0.3) is 0 Å². The zero-order chi connectivity index (χ0) is 20.6. The number of likely N-dealkylation sites (tertiary alicyclic amines) is 1. The summed E-state index contributed by atoms with van der Waals surface area (Å²) in [5, 5.41) is 2.27. The van der Waals surface area contributed by atoms with Crippen molar-refractivity contribution in [1.82, 2.24) is 24.8 Å². The fourth-order valence-corrected chi connectivity index (χ4v) is 5.08. The smallest absolute Gasteiger partial charge is 0.138 e. The Morgan fingerprint density at radius 3 is 2.55 bits per heavy atom. The van der Waals surface area contributed by atoms with E-state index >= 15 is 0 Å². The molecule has 1 saturated heterocycles. The average molecular weight is 426 g/mol. The van der Waals surface area contributed by atoms with Gasteiger partial charge >= 0.3 is 0 Å². The molecule has 0 amide bonds. The topological polar surface area (TPSA) is 57.7 Å². The first kappa shape index (κ1) is 18.7. The van der Waals surface area contributed by atoms with Crippen LogP contribution in [0.3, 0.4) is 0 Å². The van der Waals surface area contributed by atoms with Gasteiger partial charge in [0.1, 0.15) is 5.65 Å². The van der Waals surface area contributed by atoms with Crippen LogP contribution in [0.5, 0.6) is 0 Å². The molecule has 154 valence electrons. The molecule has 5 aromatic rings. The molecular formula is C25H23N5S. The number of hydrogen-bond donors (Lipinski definition) is 1. The fourth-order valence-electron chi connectivity index (χ4n) is 4.49. The Labute approximate surface area is 184 Å². The summed E-state index contributed by atoms with van der Waals surface area (Å²) in [6.45, 7) is 3.50. The minimum absolute atomic E-state index is 0.892. The van der Waals surface area contributed by atoms with Crippen LogP contribution in [0, 0.1) is 0 Å². The largest absolute Gasteiger partial charge is 0.338 e. The van der Waals surface area contributed by atoms with E-state index in [-0.39, 0.29) is 0 Å². The van der Waals surface area contributed by atoms with Crippen molar-refractivity contribution in [3.05, 3.63) is 66.1 Å². The number of pyridine rings is 2. The van der Waals surface area contributed by atoms with E-state index in [1.807, 2.05) is 24.1 Å². The lowest BCUT2D eigenvalue weighted by molar-refractivity contribution is 0.221. The monoisotopic (exact) mass is 425 g/mol. The molecule has 6 rings (SSSR count). The van der Waals surface area contributed by atoms with E-state index in [0.717, 1.165) is 44.6 Å². The second kappa shape index (κ2) is 7.87. The van der Waals surface area contributed by atoms with Gasteiger partial charge in [-0.2, -0.15) is 0 Å². The molecule has 0 atom stereocenters. The van der Waals surface area contributed by atoms with Gasteiger partial charge < -0.3 is 4.98 Å². The fraction of sp³-hybridized carbons (Fsp3) is 0.240. The van der Waals surface area contributed by atoms with Crippen LogP contribution in [0.2, 0.25) is 0 Å². The van der Waals surface area contributed by atoms with Crippen LogP contribution >= 0.6 is 11.3 Å². The Hall–Kier alpha value is -3.09. The molecule has 0 radical (unpaired) electrons. The third-order valence-electron chi connectivity index (χ3n) is 6.16. The van der Waals surface area contributed by atoms with Gasteiger partial charge in [0.05, 0.1) is 27.8 Å². The molecule has 1 fully saturated rings. The highest BCUT2D eigenvalue weighted by molar-refractivity contribution is 7.13. The Balaban J connectivity index is 1.33. The van der Waals surface area contributed by atoms with E-state index in [1.54, 1.807) is 11.3 Å². The number of piperidine rings is 1. The summed E-state index contributed by atoms with van der Waals surface area (Å²) < 4.78 is 0. The predicted octanol–water partition coefficient (Wildman–Crippen LogP) is 5.89. The number of H-pyrrole nitrogens is 1. The van der Waals surface area contributed by atoms with Crippen molar-refractivity contribution in [2.75, 3.05) is 13.1 Å². The van der Waals surface area contributed by atoms with Crippen LogP contribution in [-0.4, -0.2) is 37.9 Å². The van der Waals surface area contributed by atoms with Gasteiger partial charge in [-0.25, -0.2) is 4.98 Å². The molecule has 5 nitrogen and oxygen atoms in total. The van der Waals surface area contributed by atoms with Gasteiger partial charge in [0.15, 0.2) is 0 Å². The molecule has 0 unspecified atom stereocenters. The number of fused-ring (bicyclic) bond motifs is 3. The number of benzene rings is 1. The van der Waals surface area contributed by atoms with E-state index in [2.05, 4.69) is 56.3 Å². The lowest BCUT2D eigenvalue weighted by Crippen LogP contribution is -2.28.